The second-order valence-electron chi connectivity index (χ2n) is 5.80. The van der Waals surface area contributed by atoms with Gasteiger partial charge >= 0.3 is 0 Å². The Kier molecular flexibility index (Phi) is 5.85. The summed E-state index contributed by atoms with van der Waals surface area (Å²) >= 11 is 1.08. The van der Waals surface area contributed by atoms with Crippen LogP contribution in [0.4, 0.5) is 11.4 Å². The van der Waals surface area contributed by atoms with Crippen LogP contribution in [-0.2, 0) is 4.79 Å². The highest BCUT2D eigenvalue weighted by atomic mass is 32.2. The standard InChI is InChI=1S/C19H16N4O4S/c1-13-11-18(25)22(14-7-3-2-4-8-14)19(20-13)28-12-17(24)21-15-9-5-6-10-16(15)23(26)27/h2-11H,12H2,1H3,(H,21,24). The third-order valence-corrected chi connectivity index (χ3v) is 4.68. The van der Waals surface area contributed by atoms with Crippen molar-refractivity contribution in [2.24, 2.45) is 0 Å². The Morgan fingerprint density at radius 1 is 1.18 bits per heavy atom. The molecule has 1 amide bonds. The van der Waals surface area contributed by atoms with Gasteiger partial charge in [0, 0.05) is 17.8 Å². The van der Waals surface area contributed by atoms with Gasteiger partial charge < -0.3 is 5.32 Å². The fourth-order valence-corrected chi connectivity index (χ4v) is 3.40. The molecule has 0 aliphatic heterocycles. The Bertz CT molecular complexity index is 1080. The van der Waals surface area contributed by atoms with E-state index in [4.69, 9.17) is 0 Å². The summed E-state index contributed by atoms with van der Waals surface area (Å²) in [6.45, 7) is 1.70. The van der Waals surface area contributed by atoms with Gasteiger partial charge in [0.25, 0.3) is 11.2 Å². The van der Waals surface area contributed by atoms with Crippen molar-refractivity contribution in [2.75, 3.05) is 11.1 Å². The SMILES string of the molecule is Cc1cc(=O)n(-c2ccccc2)c(SCC(=O)Nc2ccccc2[N+](=O)[O-])n1. The van der Waals surface area contributed by atoms with Crippen molar-refractivity contribution in [2.45, 2.75) is 12.1 Å². The Morgan fingerprint density at radius 3 is 2.57 bits per heavy atom. The quantitative estimate of drug-likeness (QED) is 0.297. The Morgan fingerprint density at radius 2 is 1.86 bits per heavy atom. The molecule has 1 heterocycles. The molecule has 0 bridgehead atoms. The maximum Gasteiger partial charge on any atom is 0.292 e. The molecule has 0 atom stereocenters. The van der Waals surface area contributed by atoms with Gasteiger partial charge in [-0.25, -0.2) is 4.98 Å². The molecule has 1 N–H and O–H groups in total. The first-order valence-electron chi connectivity index (χ1n) is 8.28. The van der Waals surface area contributed by atoms with Crippen molar-refractivity contribution < 1.29 is 9.72 Å². The zero-order valence-electron chi connectivity index (χ0n) is 14.9. The number of benzene rings is 2. The van der Waals surface area contributed by atoms with E-state index in [-0.39, 0.29) is 22.7 Å². The van der Waals surface area contributed by atoms with Crippen LogP contribution < -0.4 is 10.9 Å². The van der Waals surface area contributed by atoms with Crippen LogP contribution in [0.25, 0.3) is 5.69 Å². The first kappa shape index (κ1) is 19.3. The number of hydrogen-bond donors (Lipinski definition) is 1. The number of nitro groups is 1. The number of rotatable bonds is 6. The summed E-state index contributed by atoms with van der Waals surface area (Å²) in [4.78, 5) is 39.6. The van der Waals surface area contributed by atoms with Crippen molar-refractivity contribution in [3.8, 4) is 5.69 Å². The normalized spacial score (nSPS) is 10.5. The fourth-order valence-electron chi connectivity index (χ4n) is 2.54. The van der Waals surface area contributed by atoms with Gasteiger partial charge in [-0.3, -0.25) is 24.3 Å². The van der Waals surface area contributed by atoms with Gasteiger partial charge in [-0.2, -0.15) is 0 Å². The zero-order chi connectivity index (χ0) is 20.1. The zero-order valence-corrected chi connectivity index (χ0v) is 15.7. The van der Waals surface area contributed by atoms with Crippen molar-refractivity contribution in [1.82, 2.24) is 9.55 Å². The third-order valence-electron chi connectivity index (χ3n) is 3.74. The van der Waals surface area contributed by atoms with Crippen LogP contribution in [0.1, 0.15) is 5.69 Å². The Hall–Kier alpha value is -3.46. The molecule has 0 spiro atoms. The summed E-state index contributed by atoms with van der Waals surface area (Å²) in [6, 6.07) is 16.3. The number of aromatic nitrogens is 2. The van der Waals surface area contributed by atoms with Crippen LogP contribution in [0.5, 0.6) is 0 Å². The minimum absolute atomic E-state index is 0.0607. The molecule has 0 saturated carbocycles. The number of hydrogen-bond acceptors (Lipinski definition) is 6. The molecule has 1 aromatic heterocycles. The maximum atomic E-state index is 12.5. The monoisotopic (exact) mass is 396 g/mol. The second-order valence-corrected chi connectivity index (χ2v) is 6.74. The highest BCUT2D eigenvalue weighted by molar-refractivity contribution is 7.99. The van der Waals surface area contributed by atoms with E-state index in [9.17, 15) is 19.7 Å². The van der Waals surface area contributed by atoms with Crippen LogP contribution in [0.2, 0.25) is 0 Å². The van der Waals surface area contributed by atoms with Gasteiger partial charge in [0.15, 0.2) is 5.16 Å². The smallest absolute Gasteiger partial charge is 0.292 e. The second kappa shape index (κ2) is 8.49. The number of nitrogens with one attached hydrogen (secondary N) is 1. The number of anilines is 1. The van der Waals surface area contributed by atoms with Gasteiger partial charge in [0.2, 0.25) is 5.91 Å². The number of nitro benzene ring substituents is 1. The number of nitrogens with zero attached hydrogens (tertiary/aromatic N) is 3. The molecule has 8 nitrogen and oxygen atoms in total. The van der Waals surface area contributed by atoms with E-state index in [2.05, 4.69) is 10.3 Å². The van der Waals surface area contributed by atoms with Crippen molar-refractivity contribution in [3.05, 3.63) is 86.8 Å². The van der Waals surface area contributed by atoms with E-state index in [1.165, 1.54) is 28.8 Å². The minimum atomic E-state index is -0.558. The fraction of sp³-hybridized carbons (Fsp3) is 0.105. The lowest BCUT2D eigenvalue weighted by molar-refractivity contribution is -0.383. The Balaban J connectivity index is 1.81. The van der Waals surface area contributed by atoms with E-state index in [1.807, 2.05) is 6.07 Å². The predicted molar refractivity (Wildman–Crippen MR) is 107 cm³/mol. The maximum absolute atomic E-state index is 12.5. The molecular formula is C19H16N4O4S. The van der Waals surface area contributed by atoms with Gasteiger partial charge in [0.1, 0.15) is 5.69 Å². The molecule has 0 saturated heterocycles. The summed E-state index contributed by atoms with van der Waals surface area (Å²) in [6.07, 6.45) is 0. The predicted octanol–water partition coefficient (Wildman–Crippen LogP) is 3.18. The summed E-state index contributed by atoms with van der Waals surface area (Å²) in [5.74, 6) is -0.496. The number of carbonyl (C=O) groups excluding carboxylic acids is 1. The Labute approximate surface area is 164 Å². The molecular weight excluding hydrogens is 380 g/mol. The van der Waals surface area contributed by atoms with Crippen LogP contribution in [0, 0.1) is 17.0 Å². The molecule has 3 aromatic rings. The van der Waals surface area contributed by atoms with Crippen LogP contribution >= 0.6 is 11.8 Å². The lowest BCUT2D eigenvalue weighted by atomic mass is 10.2. The molecule has 0 aliphatic rings. The number of carbonyl (C=O) groups is 1. The molecule has 2 aromatic carbocycles. The highest BCUT2D eigenvalue weighted by Crippen LogP contribution is 2.24. The molecule has 3 rings (SSSR count). The van der Waals surface area contributed by atoms with E-state index in [1.54, 1.807) is 37.3 Å². The van der Waals surface area contributed by atoms with Crippen molar-refractivity contribution in [3.63, 3.8) is 0 Å². The van der Waals surface area contributed by atoms with Crippen molar-refractivity contribution >= 4 is 29.0 Å². The van der Waals surface area contributed by atoms with Gasteiger partial charge in [-0.1, -0.05) is 42.1 Å². The van der Waals surface area contributed by atoms with Gasteiger partial charge in [-0.05, 0) is 25.1 Å². The summed E-state index contributed by atoms with van der Waals surface area (Å²) in [7, 11) is 0. The van der Waals surface area contributed by atoms with E-state index in [0.717, 1.165) is 11.8 Å². The van der Waals surface area contributed by atoms with Gasteiger partial charge in [-0.15, -0.1) is 0 Å². The largest absolute Gasteiger partial charge is 0.320 e. The van der Waals surface area contributed by atoms with E-state index < -0.39 is 10.8 Å². The van der Waals surface area contributed by atoms with E-state index in [0.29, 0.717) is 16.5 Å². The summed E-state index contributed by atoms with van der Waals surface area (Å²) in [5.41, 5.74) is 0.868. The summed E-state index contributed by atoms with van der Waals surface area (Å²) in [5, 5.41) is 14.0. The average Bonchev–Trinajstić information content (AvgIpc) is 2.67. The van der Waals surface area contributed by atoms with Crippen molar-refractivity contribution in [1.29, 1.82) is 0 Å². The average molecular weight is 396 g/mol. The minimum Gasteiger partial charge on any atom is -0.320 e. The van der Waals surface area contributed by atoms with Crippen LogP contribution in [0.15, 0.2) is 70.6 Å². The molecule has 9 heteroatoms. The molecule has 0 radical (unpaired) electrons. The highest BCUT2D eigenvalue weighted by Gasteiger charge is 2.16. The van der Waals surface area contributed by atoms with Gasteiger partial charge in [0.05, 0.1) is 16.4 Å². The van der Waals surface area contributed by atoms with Crippen LogP contribution in [-0.4, -0.2) is 26.1 Å². The van der Waals surface area contributed by atoms with Crippen LogP contribution in [0.3, 0.4) is 0 Å². The molecule has 142 valence electrons. The molecule has 0 aliphatic carbocycles. The number of amides is 1. The lowest BCUT2D eigenvalue weighted by Gasteiger charge is -2.12. The molecule has 0 fully saturated rings. The lowest BCUT2D eigenvalue weighted by Crippen LogP contribution is -2.22. The first-order chi connectivity index (χ1) is 13.5. The number of thioether (sulfide) groups is 1. The first-order valence-corrected chi connectivity index (χ1v) is 9.26. The number of aryl methyl sites for hydroxylation is 1. The molecule has 28 heavy (non-hydrogen) atoms. The summed E-state index contributed by atoms with van der Waals surface area (Å²) < 4.78 is 1.43. The topological polar surface area (TPSA) is 107 Å². The number of para-hydroxylation sites is 3. The van der Waals surface area contributed by atoms with E-state index >= 15 is 0 Å². The third kappa shape index (κ3) is 4.44. The molecule has 0 unspecified atom stereocenters.